The second kappa shape index (κ2) is 5.61. The quantitative estimate of drug-likeness (QED) is 0.432. The van der Waals surface area contributed by atoms with Crippen LogP contribution in [0.3, 0.4) is 0 Å². The molecule has 86 valence electrons. The van der Waals surface area contributed by atoms with Crippen LogP contribution in [0.15, 0.2) is 0 Å². The largest absolute Gasteiger partial charge is 0.399 e. The van der Waals surface area contributed by atoms with Gasteiger partial charge in [-0.15, -0.1) is 0 Å². The molecule has 9 heteroatoms. The van der Waals surface area contributed by atoms with Crippen molar-refractivity contribution in [2.24, 2.45) is 0 Å². The van der Waals surface area contributed by atoms with Gasteiger partial charge < -0.3 is 0 Å². The molecule has 0 aromatic carbocycles. The fourth-order valence-electron chi connectivity index (χ4n) is 0.478. The number of hydrogen-bond acceptors (Lipinski definition) is 7. The molecule has 0 amide bonds. The summed E-state index contributed by atoms with van der Waals surface area (Å²) >= 11 is 0. The zero-order chi connectivity index (χ0) is 11.2. The van der Waals surface area contributed by atoms with Crippen molar-refractivity contribution in [3.05, 3.63) is 0 Å². The van der Waals surface area contributed by atoms with Gasteiger partial charge in [-0.2, -0.15) is 16.8 Å². The third kappa shape index (κ3) is 8.38. The average Bonchev–Trinajstić information content (AvgIpc) is 2.01. The lowest BCUT2D eigenvalue weighted by Gasteiger charge is -2.02. The summed E-state index contributed by atoms with van der Waals surface area (Å²) in [5.74, 6) is 0. The lowest BCUT2D eigenvalue weighted by Crippen LogP contribution is -2.11. The zero-order valence-electron chi connectivity index (χ0n) is 7.80. The molecule has 0 fully saturated rings. The molecule has 7 nitrogen and oxygen atoms in total. The Labute approximate surface area is 83.4 Å². The van der Waals surface area contributed by atoms with Crippen LogP contribution in [0, 0.1) is 0 Å². The molecule has 0 aliphatic rings. The van der Waals surface area contributed by atoms with Gasteiger partial charge in [0.2, 0.25) is 0 Å². The first-order valence-electron chi connectivity index (χ1n) is 3.56. The van der Waals surface area contributed by atoms with Crippen molar-refractivity contribution in [1.29, 1.82) is 0 Å². The topological polar surface area (TPSA) is 96.0 Å². The van der Waals surface area contributed by atoms with Crippen molar-refractivity contribution in [2.75, 3.05) is 26.6 Å². The molecule has 0 aromatic rings. The molecule has 0 N–H and O–H groups in total. The van der Waals surface area contributed by atoms with Crippen molar-refractivity contribution in [1.82, 2.24) is 0 Å². The van der Waals surface area contributed by atoms with Gasteiger partial charge in [-0.25, -0.2) is 4.18 Å². The fourth-order valence-corrected chi connectivity index (χ4v) is 1.32. The molecule has 0 spiro atoms. The third-order valence-electron chi connectivity index (χ3n) is 1.02. The van der Waals surface area contributed by atoms with E-state index < -0.39 is 20.5 Å². The summed E-state index contributed by atoms with van der Waals surface area (Å²) in [7, 11) is -6.46. The molecule has 0 unspecified atom stereocenters. The van der Waals surface area contributed by atoms with E-state index in [-0.39, 0.29) is 19.6 Å². The minimum absolute atomic E-state index is 0.127. The first kappa shape index (κ1) is 13.8. The van der Waals surface area contributed by atoms with Crippen LogP contribution < -0.4 is 0 Å². The first-order chi connectivity index (χ1) is 6.27. The first-order valence-corrected chi connectivity index (χ1v) is 6.71. The minimum atomic E-state index is -3.94. The van der Waals surface area contributed by atoms with Crippen LogP contribution in [-0.4, -0.2) is 43.4 Å². The number of rotatable bonds is 7. The molecule has 0 aliphatic carbocycles. The highest BCUT2D eigenvalue weighted by Crippen LogP contribution is 1.96. The summed E-state index contributed by atoms with van der Waals surface area (Å²) in [6, 6.07) is 0. The van der Waals surface area contributed by atoms with Crippen molar-refractivity contribution in [3.8, 4) is 0 Å². The van der Waals surface area contributed by atoms with Gasteiger partial charge in [0.25, 0.3) is 10.1 Å². The second-order valence-corrected chi connectivity index (χ2v) is 5.31. The van der Waals surface area contributed by atoms with Gasteiger partial charge in [-0.3, -0.25) is 8.37 Å². The Morgan fingerprint density at radius 1 is 1.00 bits per heavy atom. The Hall–Kier alpha value is -0.220. The molecular formula is C5H12O7S2. The SMILES string of the molecule is COS(=O)(=O)OCCCOS(C)(=O)=O. The van der Waals surface area contributed by atoms with E-state index >= 15 is 0 Å². The van der Waals surface area contributed by atoms with E-state index in [4.69, 9.17) is 0 Å². The lowest BCUT2D eigenvalue weighted by atomic mass is 10.5. The summed E-state index contributed by atoms with van der Waals surface area (Å²) < 4.78 is 54.6. The molecule has 0 saturated heterocycles. The van der Waals surface area contributed by atoms with Crippen LogP contribution in [-0.2, 0) is 33.1 Å². The van der Waals surface area contributed by atoms with Gasteiger partial charge in [-0.05, 0) is 6.42 Å². The van der Waals surface area contributed by atoms with E-state index in [0.29, 0.717) is 0 Å². The van der Waals surface area contributed by atoms with E-state index in [2.05, 4.69) is 12.5 Å². The van der Waals surface area contributed by atoms with Gasteiger partial charge in [-0.1, -0.05) is 0 Å². The van der Waals surface area contributed by atoms with Gasteiger partial charge >= 0.3 is 10.4 Å². The summed E-state index contributed by atoms with van der Waals surface area (Å²) in [5, 5.41) is 0. The van der Waals surface area contributed by atoms with Crippen molar-refractivity contribution in [2.45, 2.75) is 6.42 Å². The molecule has 0 aromatic heterocycles. The minimum Gasteiger partial charge on any atom is -0.270 e. The summed E-state index contributed by atoms with van der Waals surface area (Å²) in [6.45, 7) is -0.316. The summed E-state index contributed by atoms with van der Waals surface area (Å²) in [5.41, 5.74) is 0. The van der Waals surface area contributed by atoms with Crippen LogP contribution in [0.2, 0.25) is 0 Å². The van der Waals surface area contributed by atoms with E-state index in [1.54, 1.807) is 0 Å². The normalized spacial score (nSPS) is 13.0. The van der Waals surface area contributed by atoms with E-state index in [1.165, 1.54) is 0 Å². The fraction of sp³-hybridized carbons (Fsp3) is 1.00. The molecule has 0 atom stereocenters. The maximum absolute atomic E-state index is 10.6. The molecule has 0 heterocycles. The predicted molar refractivity (Wildman–Crippen MR) is 47.3 cm³/mol. The maximum Gasteiger partial charge on any atom is 0.399 e. The molecule has 0 aliphatic heterocycles. The molecule has 0 rings (SSSR count). The standard InChI is InChI=1S/C5H12O7S2/c1-10-14(8,9)12-5-3-4-11-13(2,6)7/h3-5H2,1-2H3. The van der Waals surface area contributed by atoms with Gasteiger partial charge in [0, 0.05) is 0 Å². The van der Waals surface area contributed by atoms with Gasteiger partial charge in [0.15, 0.2) is 0 Å². The Kier molecular flexibility index (Phi) is 5.52. The highest BCUT2D eigenvalue weighted by atomic mass is 32.3. The van der Waals surface area contributed by atoms with Gasteiger partial charge in [0.1, 0.15) is 0 Å². The third-order valence-corrected chi connectivity index (χ3v) is 2.48. The Bertz CT molecular complexity index is 340. The Balaban J connectivity index is 3.59. The smallest absolute Gasteiger partial charge is 0.270 e. The maximum atomic E-state index is 10.6. The molecule has 0 bridgehead atoms. The van der Waals surface area contributed by atoms with Crippen LogP contribution in [0.25, 0.3) is 0 Å². The van der Waals surface area contributed by atoms with Crippen LogP contribution in [0.4, 0.5) is 0 Å². The van der Waals surface area contributed by atoms with E-state index in [1.807, 2.05) is 0 Å². The predicted octanol–water partition coefficient (Wildman–Crippen LogP) is -0.740. The molecule has 0 saturated carbocycles. The van der Waals surface area contributed by atoms with Crippen LogP contribution in [0.1, 0.15) is 6.42 Å². The molecular weight excluding hydrogens is 236 g/mol. The lowest BCUT2D eigenvalue weighted by molar-refractivity contribution is 0.219. The van der Waals surface area contributed by atoms with Crippen molar-refractivity contribution >= 4 is 20.5 Å². The van der Waals surface area contributed by atoms with Crippen LogP contribution >= 0.6 is 0 Å². The second-order valence-electron chi connectivity index (χ2n) is 2.28. The Morgan fingerprint density at radius 2 is 1.50 bits per heavy atom. The number of hydrogen-bond donors (Lipinski definition) is 0. The summed E-state index contributed by atoms with van der Waals surface area (Å²) in [6.07, 6.45) is 1.04. The van der Waals surface area contributed by atoms with Gasteiger partial charge in [0.05, 0.1) is 26.6 Å². The van der Waals surface area contributed by atoms with Crippen molar-refractivity contribution in [3.63, 3.8) is 0 Å². The monoisotopic (exact) mass is 248 g/mol. The van der Waals surface area contributed by atoms with E-state index in [0.717, 1.165) is 13.4 Å². The molecule has 0 radical (unpaired) electrons. The highest BCUT2D eigenvalue weighted by Gasteiger charge is 2.08. The van der Waals surface area contributed by atoms with Crippen LogP contribution in [0.5, 0.6) is 0 Å². The zero-order valence-corrected chi connectivity index (χ0v) is 9.43. The Morgan fingerprint density at radius 3 is 1.93 bits per heavy atom. The highest BCUT2D eigenvalue weighted by molar-refractivity contribution is 7.86. The van der Waals surface area contributed by atoms with Crippen molar-refractivity contribution < 1.29 is 29.4 Å². The average molecular weight is 248 g/mol. The summed E-state index contributed by atoms with van der Waals surface area (Å²) in [4.78, 5) is 0. The van der Waals surface area contributed by atoms with E-state index in [9.17, 15) is 16.8 Å². The molecule has 14 heavy (non-hydrogen) atoms.